The third-order valence-electron chi connectivity index (χ3n) is 6.38. The van der Waals surface area contributed by atoms with E-state index in [1.165, 1.54) is 5.56 Å². The van der Waals surface area contributed by atoms with Crippen molar-refractivity contribution in [2.75, 3.05) is 6.61 Å². The number of fused-ring (bicyclic) bond motifs is 1. The molecule has 6 nitrogen and oxygen atoms in total. The summed E-state index contributed by atoms with van der Waals surface area (Å²) < 4.78 is 12.3. The zero-order chi connectivity index (χ0) is 19.4. The first-order chi connectivity index (χ1) is 12.1. The van der Waals surface area contributed by atoms with Gasteiger partial charge < -0.3 is 29.9 Å². The largest absolute Gasteiger partial charge is 0.484 e. The monoisotopic (exact) mass is 366 g/mol. The minimum atomic E-state index is -1.40. The molecule has 2 aliphatic heterocycles. The van der Waals surface area contributed by atoms with Crippen LogP contribution in [0.3, 0.4) is 0 Å². The molecule has 1 saturated heterocycles. The van der Waals surface area contributed by atoms with E-state index < -0.39 is 42.7 Å². The second-order valence-corrected chi connectivity index (χ2v) is 8.08. The van der Waals surface area contributed by atoms with Gasteiger partial charge in [-0.15, -0.1) is 0 Å². The van der Waals surface area contributed by atoms with E-state index in [1.54, 1.807) is 0 Å². The van der Waals surface area contributed by atoms with Gasteiger partial charge in [-0.2, -0.15) is 0 Å². The first kappa shape index (κ1) is 19.6. The highest BCUT2D eigenvalue weighted by atomic mass is 16.6. The summed E-state index contributed by atoms with van der Waals surface area (Å²) in [4.78, 5) is 0. The van der Waals surface area contributed by atoms with Crippen LogP contribution in [0.5, 0.6) is 5.75 Å². The van der Waals surface area contributed by atoms with Gasteiger partial charge in [-0.25, -0.2) is 0 Å². The van der Waals surface area contributed by atoms with Crippen molar-refractivity contribution < 1.29 is 29.9 Å². The molecule has 0 spiro atoms. The van der Waals surface area contributed by atoms with E-state index in [-0.39, 0.29) is 5.92 Å². The fourth-order valence-corrected chi connectivity index (χ4v) is 4.24. The van der Waals surface area contributed by atoms with Gasteiger partial charge in [0.25, 0.3) is 0 Å². The molecule has 3 rings (SSSR count). The van der Waals surface area contributed by atoms with Crippen LogP contribution in [0.25, 0.3) is 0 Å². The number of aryl methyl sites for hydroxylation is 2. The van der Waals surface area contributed by atoms with Gasteiger partial charge in [-0.1, -0.05) is 13.0 Å². The Kier molecular flexibility index (Phi) is 5.09. The SMILES string of the molecule is Cc1cc(C)c2c(c1C)OC(C)([C@H]1O[C@H](CO)[C@@H](O)[C@H](O)[C@H]1O)C(C)C2. The molecule has 1 aromatic carbocycles. The quantitative estimate of drug-likeness (QED) is 0.617. The Hall–Kier alpha value is -1.18. The lowest BCUT2D eigenvalue weighted by molar-refractivity contribution is -0.271. The van der Waals surface area contributed by atoms with Crippen molar-refractivity contribution in [1.29, 1.82) is 0 Å². The Morgan fingerprint density at radius 3 is 2.35 bits per heavy atom. The predicted molar refractivity (Wildman–Crippen MR) is 96.3 cm³/mol. The van der Waals surface area contributed by atoms with Gasteiger partial charge in [0.15, 0.2) is 0 Å². The van der Waals surface area contributed by atoms with E-state index in [4.69, 9.17) is 9.47 Å². The maximum atomic E-state index is 10.6. The third-order valence-corrected chi connectivity index (χ3v) is 6.38. The van der Waals surface area contributed by atoms with Crippen molar-refractivity contribution in [2.45, 2.75) is 77.2 Å². The molecule has 4 N–H and O–H groups in total. The summed E-state index contributed by atoms with van der Waals surface area (Å²) in [5.74, 6) is 0.803. The third kappa shape index (κ3) is 2.84. The number of rotatable bonds is 2. The molecular formula is C20H30O6. The second-order valence-electron chi connectivity index (χ2n) is 8.08. The zero-order valence-corrected chi connectivity index (χ0v) is 16.1. The highest BCUT2D eigenvalue weighted by Gasteiger charge is 2.55. The van der Waals surface area contributed by atoms with Gasteiger partial charge in [0.1, 0.15) is 41.9 Å². The lowest BCUT2D eigenvalue weighted by atomic mass is 9.73. The fourth-order valence-electron chi connectivity index (χ4n) is 4.24. The van der Waals surface area contributed by atoms with Gasteiger partial charge in [0.2, 0.25) is 0 Å². The molecule has 0 saturated carbocycles. The lowest BCUT2D eigenvalue weighted by Gasteiger charge is -2.52. The first-order valence-corrected chi connectivity index (χ1v) is 9.21. The molecule has 0 aromatic heterocycles. The van der Waals surface area contributed by atoms with Crippen LogP contribution in [0, 0.1) is 26.7 Å². The summed E-state index contributed by atoms with van der Waals surface area (Å²) in [6.07, 6.45) is -5.14. The zero-order valence-electron chi connectivity index (χ0n) is 16.1. The molecule has 7 atom stereocenters. The summed E-state index contributed by atoms with van der Waals surface area (Å²) in [5.41, 5.74) is 3.60. The van der Waals surface area contributed by atoms with Crippen molar-refractivity contribution in [3.63, 3.8) is 0 Å². The number of benzene rings is 1. The molecule has 2 aliphatic rings. The molecule has 6 heteroatoms. The smallest absolute Gasteiger partial charge is 0.138 e. The number of ether oxygens (including phenoxy) is 2. The molecule has 0 bridgehead atoms. The first-order valence-electron chi connectivity index (χ1n) is 9.21. The number of aliphatic hydroxyl groups excluding tert-OH is 4. The van der Waals surface area contributed by atoms with Gasteiger partial charge in [0.05, 0.1) is 6.61 Å². The molecule has 1 aromatic rings. The van der Waals surface area contributed by atoms with Crippen molar-refractivity contribution >= 4 is 0 Å². The second kappa shape index (κ2) is 6.77. The van der Waals surface area contributed by atoms with Gasteiger partial charge >= 0.3 is 0 Å². The molecule has 2 unspecified atom stereocenters. The van der Waals surface area contributed by atoms with Crippen LogP contribution in [-0.2, 0) is 11.2 Å². The van der Waals surface area contributed by atoms with E-state index in [0.29, 0.717) is 0 Å². The Morgan fingerprint density at radius 2 is 1.73 bits per heavy atom. The van der Waals surface area contributed by atoms with E-state index in [1.807, 2.05) is 27.7 Å². The summed E-state index contributed by atoms with van der Waals surface area (Å²) in [7, 11) is 0. The van der Waals surface area contributed by atoms with Crippen molar-refractivity contribution in [3.8, 4) is 5.75 Å². The molecule has 0 amide bonds. The maximum absolute atomic E-state index is 10.6. The predicted octanol–water partition coefficient (Wildman–Crippen LogP) is 0.784. The lowest BCUT2D eigenvalue weighted by Crippen LogP contribution is -2.68. The maximum Gasteiger partial charge on any atom is 0.138 e. The van der Waals surface area contributed by atoms with E-state index in [2.05, 4.69) is 13.0 Å². The average molecular weight is 366 g/mol. The number of hydrogen-bond acceptors (Lipinski definition) is 6. The minimum absolute atomic E-state index is 0.00255. The topological polar surface area (TPSA) is 99.4 Å². The van der Waals surface area contributed by atoms with Crippen molar-refractivity contribution in [3.05, 3.63) is 28.3 Å². The molecule has 146 valence electrons. The van der Waals surface area contributed by atoms with Crippen LogP contribution in [-0.4, -0.2) is 63.2 Å². The molecule has 2 heterocycles. The Bertz CT molecular complexity index is 687. The average Bonchev–Trinajstić information content (AvgIpc) is 2.60. The molecule has 26 heavy (non-hydrogen) atoms. The summed E-state index contributed by atoms with van der Waals surface area (Å²) in [6, 6.07) is 2.15. The van der Waals surface area contributed by atoms with E-state index >= 15 is 0 Å². The van der Waals surface area contributed by atoms with Crippen LogP contribution in [0.4, 0.5) is 0 Å². The van der Waals surface area contributed by atoms with Gasteiger partial charge in [-0.05, 0) is 56.4 Å². The fraction of sp³-hybridized carbons (Fsp3) is 0.700. The number of hydrogen-bond donors (Lipinski definition) is 4. The summed E-state index contributed by atoms with van der Waals surface area (Å²) in [5, 5.41) is 40.3. The van der Waals surface area contributed by atoms with Gasteiger partial charge in [-0.3, -0.25) is 0 Å². The van der Waals surface area contributed by atoms with E-state index in [9.17, 15) is 20.4 Å². The highest BCUT2D eigenvalue weighted by Crippen LogP contribution is 2.45. The minimum Gasteiger partial charge on any atom is -0.484 e. The Balaban J connectivity index is 2.02. The van der Waals surface area contributed by atoms with Crippen LogP contribution in [0.15, 0.2) is 6.07 Å². The van der Waals surface area contributed by atoms with Crippen LogP contribution >= 0.6 is 0 Å². The molecular weight excluding hydrogens is 336 g/mol. The molecule has 0 radical (unpaired) electrons. The Morgan fingerprint density at radius 1 is 1.08 bits per heavy atom. The number of aliphatic hydroxyl groups is 4. The highest BCUT2D eigenvalue weighted by molar-refractivity contribution is 5.51. The normalized spacial score (nSPS) is 40.0. The molecule has 0 aliphatic carbocycles. The van der Waals surface area contributed by atoms with Crippen molar-refractivity contribution in [1.82, 2.24) is 0 Å². The summed E-state index contributed by atoms with van der Waals surface area (Å²) >= 11 is 0. The van der Waals surface area contributed by atoms with Gasteiger partial charge in [0, 0.05) is 5.92 Å². The van der Waals surface area contributed by atoms with Crippen LogP contribution in [0.2, 0.25) is 0 Å². The molecule has 1 fully saturated rings. The standard InChI is InChI=1S/C20H30O6/c1-9-6-10(2)13-7-11(3)20(5,26-18(13)12(9)4)19-17(24)16(23)15(22)14(8-21)25-19/h6,11,14-17,19,21-24H,7-8H2,1-5H3/t11?,14-,15-,16+,17-,19+,20?/m1/s1. The van der Waals surface area contributed by atoms with Crippen LogP contribution < -0.4 is 4.74 Å². The van der Waals surface area contributed by atoms with Crippen LogP contribution in [0.1, 0.15) is 36.1 Å². The van der Waals surface area contributed by atoms with E-state index in [0.717, 1.165) is 28.9 Å². The van der Waals surface area contributed by atoms with Crippen molar-refractivity contribution in [2.24, 2.45) is 5.92 Å². The summed E-state index contributed by atoms with van der Waals surface area (Å²) in [6.45, 7) is 9.56. The Labute approximate surface area is 154 Å².